The minimum Gasteiger partial charge on any atom is -0.444 e. The SMILES string of the molecule is CC(O)OC(c1ccc(Cl)cc1)C1CCN(C(=O)OC(C)(C)C)CC1. The Morgan fingerprint density at radius 3 is 2.28 bits per heavy atom. The van der Waals surface area contributed by atoms with E-state index in [0.29, 0.717) is 18.1 Å². The molecule has 2 unspecified atom stereocenters. The average molecular weight is 370 g/mol. The lowest BCUT2D eigenvalue weighted by atomic mass is 9.87. The van der Waals surface area contributed by atoms with E-state index in [1.54, 1.807) is 11.8 Å². The Balaban J connectivity index is 2.02. The Morgan fingerprint density at radius 2 is 1.80 bits per heavy atom. The number of aliphatic hydroxyl groups is 1. The van der Waals surface area contributed by atoms with Gasteiger partial charge in [-0.3, -0.25) is 0 Å². The summed E-state index contributed by atoms with van der Waals surface area (Å²) >= 11 is 5.97. The van der Waals surface area contributed by atoms with Crippen molar-refractivity contribution in [2.24, 2.45) is 5.92 Å². The molecule has 0 aromatic heterocycles. The molecule has 140 valence electrons. The van der Waals surface area contributed by atoms with Gasteiger partial charge in [0.25, 0.3) is 0 Å². The first kappa shape index (κ1) is 20.0. The van der Waals surface area contributed by atoms with E-state index in [9.17, 15) is 9.90 Å². The van der Waals surface area contributed by atoms with Crippen LogP contribution in [0.2, 0.25) is 5.02 Å². The van der Waals surface area contributed by atoms with Crippen molar-refractivity contribution in [1.29, 1.82) is 0 Å². The maximum atomic E-state index is 12.2. The zero-order valence-electron chi connectivity index (χ0n) is 15.4. The highest BCUT2D eigenvalue weighted by Gasteiger charge is 2.32. The molecule has 25 heavy (non-hydrogen) atoms. The summed E-state index contributed by atoms with van der Waals surface area (Å²) in [4.78, 5) is 13.9. The van der Waals surface area contributed by atoms with Gasteiger partial charge in [-0.2, -0.15) is 0 Å². The molecule has 1 saturated heterocycles. The molecule has 0 radical (unpaired) electrons. The Labute approximate surface area is 154 Å². The number of benzene rings is 1. The second-order valence-corrected chi connectivity index (χ2v) is 7.95. The number of rotatable bonds is 4. The van der Waals surface area contributed by atoms with Crippen molar-refractivity contribution in [3.8, 4) is 0 Å². The van der Waals surface area contributed by atoms with Gasteiger partial charge in [0.1, 0.15) is 5.60 Å². The van der Waals surface area contributed by atoms with Crippen molar-refractivity contribution in [1.82, 2.24) is 4.90 Å². The number of aliphatic hydroxyl groups excluding tert-OH is 1. The van der Waals surface area contributed by atoms with E-state index in [4.69, 9.17) is 21.1 Å². The molecule has 0 bridgehead atoms. The van der Waals surface area contributed by atoms with Crippen LogP contribution < -0.4 is 0 Å². The van der Waals surface area contributed by atoms with Crippen LogP contribution in [0.1, 0.15) is 52.2 Å². The summed E-state index contributed by atoms with van der Waals surface area (Å²) in [5, 5.41) is 10.4. The van der Waals surface area contributed by atoms with Crippen molar-refractivity contribution in [3.05, 3.63) is 34.9 Å². The van der Waals surface area contributed by atoms with E-state index in [2.05, 4.69) is 0 Å². The van der Waals surface area contributed by atoms with Crippen LogP contribution in [-0.2, 0) is 9.47 Å². The zero-order chi connectivity index (χ0) is 18.6. The Hall–Kier alpha value is -1.30. The van der Waals surface area contributed by atoms with E-state index >= 15 is 0 Å². The fourth-order valence-electron chi connectivity index (χ4n) is 3.04. The predicted octanol–water partition coefficient (Wildman–Crippen LogP) is 4.38. The van der Waals surface area contributed by atoms with Crippen LogP contribution in [-0.4, -0.2) is 41.1 Å². The lowest BCUT2D eigenvalue weighted by molar-refractivity contribution is -0.148. The maximum absolute atomic E-state index is 12.2. The lowest BCUT2D eigenvalue weighted by Gasteiger charge is -2.37. The van der Waals surface area contributed by atoms with E-state index in [-0.39, 0.29) is 18.1 Å². The minimum atomic E-state index is -0.857. The number of carbonyl (C=O) groups is 1. The molecule has 1 fully saturated rings. The van der Waals surface area contributed by atoms with Crippen LogP contribution in [0.3, 0.4) is 0 Å². The number of halogens is 1. The molecule has 2 atom stereocenters. The van der Waals surface area contributed by atoms with E-state index in [1.165, 1.54) is 0 Å². The second kappa shape index (κ2) is 8.39. The van der Waals surface area contributed by atoms with Gasteiger partial charge in [-0.25, -0.2) is 4.79 Å². The second-order valence-electron chi connectivity index (χ2n) is 7.51. The number of nitrogens with zero attached hydrogens (tertiary/aromatic N) is 1. The molecule has 1 heterocycles. The van der Waals surface area contributed by atoms with Gasteiger partial charge in [-0.1, -0.05) is 23.7 Å². The fraction of sp³-hybridized carbons (Fsp3) is 0.632. The zero-order valence-corrected chi connectivity index (χ0v) is 16.1. The number of amides is 1. The topological polar surface area (TPSA) is 59.0 Å². The molecule has 2 rings (SSSR count). The summed E-state index contributed by atoms with van der Waals surface area (Å²) in [6.07, 6.45) is 0.228. The molecular formula is C19H28ClNO4. The highest BCUT2D eigenvalue weighted by Crippen LogP contribution is 2.35. The third-order valence-electron chi connectivity index (χ3n) is 4.16. The number of piperidine rings is 1. The van der Waals surface area contributed by atoms with Gasteiger partial charge in [0.15, 0.2) is 6.29 Å². The van der Waals surface area contributed by atoms with Crippen molar-refractivity contribution in [3.63, 3.8) is 0 Å². The van der Waals surface area contributed by atoms with Gasteiger partial charge in [-0.05, 0) is 64.2 Å². The summed E-state index contributed by atoms with van der Waals surface area (Å²) in [6.45, 7) is 8.44. The standard InChI is InChI=1S/C19H28ClNO4/c1-13(22)24-17(14-5-7-16(20)8-6-14)15-9-11-21(12-10-15)18(23)25-19(2,3)4/h5-8,13,15,17,22H,9-12H2,1-4H3. The highest BCUT2D eigenvalue weighted by atomic mass is 35.5. The number of hydrogen-bond acceptors (Lipinski definition) is 4. The maximum Gasteiger partial charge on any atom is 0.410 e. The Kier molecular flexibility index (Phi) is 6.72. The number of likely N-dealkylation sites (tertiary alicyclic amines) is 1. The van der Waals surface area contributed by atoms with E-state index < -0.39 is 11.9 Å². The van der Waals surface area contributed by atoms with Crippen molar-refractivity contribution >= 4 is 17.7 Å². The molecular weight excluding hydrogens is 342 g/mol. The van der Waals surface area contributed by atoms with Gasteiger partial charge in [0, 0.05) is 18.1 Å². The molecule has 1 amide bonds. The van der Waals surface area contributed by atoms with Crippen LogP contribution >= 0.6 is 11.6 Å². The number of carbonyl (C=O) groups excluding carboxylic acids is 1. The third kappa shape index (κ3) is 6.17. The average Bonchev–Trinajstić information content (AvgIpc) is 2.52. The van der Waals surface area contributed by atoms with Crippen molar-refractivity contribution in [2.45, 2.75) is 58.5 Å². The van der Waals surface area contributed by atoms with Crippen LogP contribution in [0.25, 0.3) is 0 Å². The van der Waals surface area contributed by atoms with Crippen LogP contribution in [0.4, 0.5) is 4.79 Å². The molecule has 1 aromatic rings. The first-order chi connectivity index (χ1) is 11.7. The summed E-state index contributed by atoms with van der Waals surface area (Å²) in [5.74, 6) is 0.217. The quantitative estimate of drug-likeness (QED) is 0.800. The normalized spacial score (nSPS) is 18.7. The first-order valence-electron chi connectivity index (χ1n) is 8.72. The van der Waals surface area contributed by atoms with Gasteiger partial charge in [0.05, 0.1) is 6.10 Å². The Morgan fingerprint density at radius 1 is 1.24 bits per heavy atom. The molecule has 0 aliphatic carbocycles. The number of hydrogen-bond donors (Lipinski definition) is 1. The molecule has 0 saturated carbocycles. The third-order valence-corrected chi connectivity index (χ3v) is 4.41. The molecule has 6 heteroatoms. The molecule has 0 spiro atoms. The summed E-state index contributed by atoms with van der Waals surface area (Å²) in [5.41, 5.74) is 0.496. The summed E-state index contributed by atoms with van der Waals surface area (Å²) in [7, 11) is 0. The van der Waals surface area contributed by atoms with E-state index in [1.807, 2.05) is 45.0 Å². The van der Waals surface area contributed by atoms with Crippen molar-refractivity contribution < 1.29 is 19.4 Å². The summed E-state index contributed by atoms with van der Waals surface area (Å²) < 4.78 is 11.2. The molecule has 5 nitrogen and oxygen atoms in total. The lowest BCUT2D eigenvalue weighted by Crippen LogP contribution is -2.43. The summed E-state index contributed by atoms with van der Waals surface area (Å²) in [6, 6.07) is 7.50. The van der Waals surface area contributed by atoms with E-state index in [0.717, 1.165) is 18.4 Å². The smallest absolute Gasteiger partial charge is 0.410 e. The Bertz CT molecular complexity index is 560. The van der Waals surface area contributed by atoms with Crippen LogP contribution in [0.5, 0.6) is 0 Å². The van der Waals surface area contributed by atoms with Crippen molar-refractivity contribution in [2.75, 3.05) is 13.1 Å². The fourth-order valence-corrected chi connectivity index (χ4v) is 3.16. The van der Waals surface area contributed by atoms with Gasteiger partial charge in [0.2, 0.25) is 0 Å². The van der Waals surface area contributed by atoms with Crippen LogP contribution in [0, 0.1) is 5.92 Å². The first-order valence-corrected chi connectivity index (χ1v) is 9.10. The molecule has 1 N–H and O–H groups in total. The number of ether oxygens (including phenoxy) is 2. The molecule has 1 aliphatic heterocycles. The largest absolute Gasteiger partial charge is 0.444 e. The van der Waals surface area contributed by atoms with Crippen LogP contribution in [0.15, 0.2) is 24.3 Å². The van der Waals surface area contributed by atoms with Gasteiger partial charge in [-0.15, -0.1) is 0 Å². The minimum absolute atomic E-state index is 0.217. The monoisotopic (exact) mass is 369 g/mol. The molecule has 1 aliphatic rings. The molecule has 1 aromatic carbocycles. The predicted molar refractivity (Wildman–Crippen MR) is 97.5 cm³/mol. The highest BCUT2D eigenvalue weighted by molar-refractivity contribution is 6.30. The van der Waals surface area contributed by atoms with Gasteiger partial charge >= 0.3 is 6.09 Å². The van der Waals surface area contributed by atoms with Gasteiger partial charge < -0.3 is 19.5 Å².